The summed E-state index contributed by atoms with van der Waals surface area (Å²) in [6.45, 7) is 7.66. The molecule has 2 heterocycles. The molecule has 0 spiro atoms. The lowest BCUT2D eigenvalue weighted by Crippen LogP contribution is -2.37. The lowest BCUT2D eigenvalue weighted by atomic mass is 10.1. The Bertz CT molecular complexity index is 535. The van der Waals surface area contributed by atoms with Crippen LogP contribution >= 0.6 is 0 Å². The number of carbonyl (C=O) groups is 1. The van der Waals surface area contributed by atoms with E-state index in [0.717, 1.165) is 44.0 Å². The Balaban J connectivity index is 1.88. The normalized spacial score (nSPS) is 18.3. The maximum Gasteiger partial charge on any atom is 0.340 e. The lowest BCUT2D eigenvalue weighted by molar-refractivity contribution is 0.0505. The Labute approximate surface area is 138 Å². The first-order valence-corrected chi connectivity index (χ1v) is 8.68. The first-order valence-electron chi connectivity index (χ1n) is 8.68. The van der Waals surface area contributed by atoms with Crippen molar-refractivity contribution in [2.45, 2.75) is 26.2 Å². The van der Waals surface area contributed by atoms with Crippen LogP contribution in [0.4, 0.5) is 11.4 Å². The van der Waals surface area contributed by atoms with Gasteiger partial charge in [-0.2, -0.15) is 0 Å². The minimum atomic E-state index is -0.214. The molecule has 3 rings (SSSR count). The highest BCUT2D eigenvalue weighted by Crippen LogP contribution is 2.29. The Morgan fingerprint density at radius 3 is 2.57 bits per heavy atom. The van der Waals surface area contributed by atoms with Crippen LogP contribution in [0.25, 0.3) is 0 Å². The van der Waals surface area contributed by atoms with Gasteiger partial charge < -0.3 is 19.3 Å². The summed E-state index contributed by atoms with van der Waals surface area (Å²) in [6, 6.07) is 6.21. The predicted octanol–water partition coefficient (Wildman–Crippen LogP) is 2.69. The average molecular weight is 318 g/mol. The molecular formula is C18H26N2O3. The van der Waals surface area contributed by atoms with E-state index in [-0.39, 0.29) is 5.97 Å². The summed E-state index contributed by atoms with van der Waals surface area (Å²) < 4.78 is 10.8. The molecule has 0 bridgehead atoms. The van der Waals surface area contributed by atoms with Gasteiger partial charge in [0.25, 0.3) is 0 Å². The molecule has 1 aromatic rings. The fourth-order valence-electron chi connectivity index (χ4n) is 3.21. The molecule has 2 aliphatic rings. The molecule has 0 aromatic heterocycles. The van der Waals surface area contributed by atoms with Crippen molar-refractivity contribution in [1.29, 1.82) is 0 Å². The third kappa shape index (κ3) is 3.78. The smallest absolute Gasteiger partial charge is 0.340 e. The zero-order valence-electron chi connectivity index (χ0n) is 13.9. The highest BCUT2D eigenvalue weighted by atomic mass is 16.5. The molecule has 1 aromatic carbocycles. The molecular weight excluding hydrogens is 292 g/mol. The summed E-state index contributed by atoms with van der Waals surface area (Å²) in [5.41, 5.74) is 2.78. The predicted molar refractivity (Wildman–Crippen MR) is 91.5 cm³/mol. The molecule has 2 saturated heterocycles. The number of ether oxygens (including phenoxy) is 2. The van der Waals surface area contributed by atoms with Gasteiger partial charge in [-0.15, -0.1) is 0 Å². The topological polar surface area (TPSA) is 42.0 Å². The Kier molecular flexibility index (Phi) is 5.39. The van der Waals surface area contributed by atoms with E-state index >= 15 is 0 Å². The number of rotatable bonds is 5. The summed E-state index contributed by atoms with van der Waals surface area (Å²) in [4.78, 5) is 17.1. The van der Waals surface area contributed by atoms with Crippen molar-refractivity contribution >= 4 is 17.3 Å². The van der Waals surface area contributed by atoms with E-state index in [9.17, 15) is 4.79 Å². The van der Waals surface area contributed by atoms with E-state index in [1.807, 2.05) is 13.0 Å². The van der Waals surface area contributed by atoms with E-state index in [2.05, 4.69) is 21.9 Å². The van der Waals surface area contributed by atoms with Gasteiger partial charge in [0.15, 0.2) is 0 Å². The quantitative estimate of drug-likeness (QED) is 0.781. The van der Waals surface area contributed by atoms with E-state index in [4.69, 9.17) is 9.47 Å². The fraction of sp³-hybridized carbons (Fsp3) is 0.611. The SMILES string of the molecule is CCCOC(=O)c1cc(N2CCCC2)ccc1N1CCOCC1. The Hall–Kier alpha value is -1.75. The van der Waals surface area contributed by atoms with Crippen molar-refractivity contribution in [1.82, 2.24) is 0 Å². The molecule has 0 amide bonds. The Morgan fingerprint density at radius 1 is 1.13 bits per heavy atom. The van der Waals surface area contributed by atoms with E-state index in [1.165, 1.54) is 12.8 Å². The molecule has 2 fully saturated rings. The molecule has 5 nitrogen and oxygen atoms in total. The van der Waals surface area contributed by atoms with Crippen LogP contribution in [-0.2, 0) is 9.47 Å². The van der Waals surface area contributed by atoms with Gasteiger partial charge >= 0.3 is 5.97 Å². The molecule has 0 atom stereocenters. The summed E-state index contributed by atoms with van der Waals surface area (Å²) >= 11 is 0. The van der Waals surface area contributed by atoms with Crippen molar-refractivity contribution in [3.05, 3.63) is 23.8 Å². The molecule has 2 aliphatic heterocycles. The van der Waals surface area contributed by atoms with Gasteiger partial charge in [0.1, 0.15) is 0 Å². The minimum absolute atomic E-state index is 0.214. The van der Waals surface area contributed by atoms with Crippen molar-refractivity contribution in [3.63, 3.8) is 0 Å². The summed E-state index contributed by atoms with van der Waals surface area (Å²) in [7, 11) is 0. The highest BCUT2D eigenvalue weighted by molar-refractivity contribution is 5.97. The largest absolute Gasteiger partial charge is 0.462 e. The van der Waals surface area contributed by atoms with Gasteiger partial charge in [0.05, 0.1) is 31.1 Å². The maximum absolute atomic E-state index is 12.5. The summed E-state index contributed by atoms with van der Waals surface area (Å²) in [5, 5.41) is 0. The third-order valence-corrected chi connectivity index (χ3v) is 4.46. The number of anilines is 2. The fourth-order valence-corrected chi connectivity index (χ4v) is 3.21. The number of esters is 1. The van der Waals surface area contributed by atoms with Gasteiger partial charge in [-0.25, -0.2) is 4.79 Å². The van der Waals surface area contributed by atoms with Crippen molar-refractivity contribution in [2.75, 3.05) is 55.8 Å². The molecule has 0 unspecified atom stereocenters. The molecule has 126 valence electrons. The average Bonchev–Trinajstić information content (AvgIpc) is 3.14. The van der Waals surface area contributed by atoms with E-state index in [1.54, 1.807) is 0 Å². The lowest BCUT2D eigenvalue weighted by Gasteiger charge is -2.31. The first-order chi connectivity index (χ1) is 11.3. The van der Waals surface area contributed by atoms with Crippen LogP contribution in [0.15, 0.2) is 18.2 Å². The van der Waals surface area contributed by atoms with Crippen LogP contribution in [0.1, 0.15) is 36.5 Å². The van der Waals surface area contributed by atoms with Crippen molar-refractivity contribution in [2.24, 2.45) is 0 Å². The van der Waals surface area contributed by atoms with Gasteiger partial charge in [-0.1, -0.05) is 6.92 Å². The number of hydrogen-bond donors (Lipinski definition) is 0. The second-order valence-corrected chi connectivity index (χ2v) is 6.13. The van der Waals surface area contributed by atoms with Crippen molar-refractivity contribution < 1.29 is 14.3 Å². The van der Waals surface area contributed by atoms with Crippen LogP contribution in [0, 0.1) is 0 Å². The number of morpholine rings is 1. The highest BCUT2D eigenvalue weighted by Gasteiger charge is 2.22. The zero-order valence-corrected chi connectivity index (χ0v) is 13.9. The number of hydrogen-bond acceptors (Lipinski definition) is 5. The first kappa shape index (κ1) is 16.1. The van der Waals surface area contributed by atoms with Gasteiger partial charge in [0, 0.05) is 31.9 Å². The molecule has 0 N–H and O–H groups in total. The summed E-state index contributed by atoms with van der Waals surface area (Å²) in [5.74, 6) is -0.214. The van der Waals surface area contributed by atoms with Crippen LogP contribution in [0.3, 0.4) is 0 Å². The molecule has 23 heavy (non-hydrogen) atoms. The zero-order chi connectivity index (χ0) is 16.1. The summed E-state index contributed by atoms with van der Waals surface area (Å²) in [6.07, 6.45) is 3.28. The van der Waals surface area contributed by atoms with Crippen LogP contribution in [0.2, 0.25) is 0 Å². The monoisotopic (exact) mass is 318 g/mol. The standard InChI is InChI=1S/C18H26N2O3/c1-2-11-23-18(21)16-14-15(19-7-3-4-8-19)5-6-17(16)20-9-12-22-13-10-20/h5-6,14H,2-4,7-13H2,1H3. The molecule has 0 saturated carbocycles. The molecule has 0 radical (unpaired) electrons. The van der Waals surface area contributed by atoms with Gasteiger partial charge in [-0.05, 0) is 37.5 Å². The number of carbonyl (C=O) groups excluding carboxylic acids is 1. The second-order valence-electron chi connectivity index (χ2n) is 6.13. The number of nitrogens with zero attached hydrogens (tertiary/aromatic N) is 2. The maximum atomic E-state index is 12.5. The minimum Gasteiger partial charge on any atom is -0.462 e. The molecule has 5 heteroatoms. The van der Waals surface area contributed by atoms with Crippen LogP contribution in [-0.4, -0.2) is 52.0 Å². The van der Waals surface area contributed by atoms with Gasteiger partial charge in [0.2, 0.25) is 0 Å². The van der Waals surface area contributed by atoms with E-state index in [0.29, 0.717) is 25.4 Å². The van der Waals surface area contributed by atoms with Crippen molar-refractivity contribution in [3.8, 4) is 0 Å². The third-order valence-electron chi connectivity index (χ3n) is 4.46. The van der Waals surface area contributed by atoms with E-state index < -0.39 is 0 Å². The Morgan fingerprint density at radius 2 is 1.87 bits per heavy atom. The number of benzene rings is 1. The molecule has 0 aliphatic carbocycles. The van der Waals surface area contributed by atoms with Crippen LogP contribution in [0.5, 0.6) is 0 Å². The second kappa shape index (κ2) is 7.68. The van der Waals surface area contributed by atoms with Gasteiger partial charge in [-0.3, -0.25) is 0 Å². The van der Waals surface area contributed by atoms with Crippen LogP contribution < -0.4 is 9.80 Å².